The van der Waals surface area contributed by atoms with Gasteiger partial charge in [-0.2, -0.15) is 0 Å². The van der Waals surface area contributed by atoms with Crippen molar-refractivity contribution in [2.45, 2.75) is 32.3 Å². The van der Waals surface area contributed by atoms with Crippen molar-refractivity contribution in [2.75, 3.05) is 5.32 Å². The van der Waals surface area contributed by atoms with Gasteiger partial charge in [0, 0.05) is 35.6 Å². The van der Waals surface area contributed by atoms with Crippen LogP contribution in [0.25, 0.3) is 0 Å². The lowest BCUT2D eigenvalue weighted by Gasteiger charge is -2.12. The highest BCUT2D eigenvalue weighted by atomic mass is 16.5. The van der Waals surface area contributed by atoms with Crippen LogP contribution in [0.4, 0.5) is 5.69 Å². The lowest BCUT2D eigenvalue weighted by molar-refractivity contribution is -0.119. The maximum absolute atomic E-state index is 12.1. The molecule has 2 aromatic rings. The van der Waals surface area contributed by atoms with Gasteiger partial charge in [0.25, 0.3) is 0 Å². The largest absolute Gasteiger partial charge is 0.489 e. The quantitative estimate of drug-likeness (QED) is 0.913. The van der Waals surface area contributed by atoms with E-state index in [-0.39, 0.29) is 11.8 Å². The summed E-state index contributed by atoms with van der Waals surface area (Å²) in [7, 11) is 0. The molecule has 3 rings (SSSR count). The first kappa shape index (κ1) is 14.6. The van der Waals surface area contributed by atoms with Crippen LogP contribution < -0.4 is 10.1 Å². The van der Waals surface area contributed by atoms with Gasteiger partial charge in [0.15, 0.2) is 0 Å². The Morgan fingerprint density at radius 1 is 1.23 bits per heavy atom. The summed E-state index contributed by atoms with van der Waals surface area (Å²) in [5.74, 6) is 1.04. The Labute approximate surface area is 130 Å². The fraction of sp³-hybridized carbons (Fsp3) is 0.333. The molecular weight excluding hydrogens is 276 g/mol. The number of ether oxygens (including phenoxy) is 1. The Balaban J connectivity index is 1.58. The fourth-order valence-electron chi connectivity index (χ4n) is 2.75. The van der Waals surface area contributed by atoms with E-state index in [1.54, 1.807) is 12.4 Å². The van der Waals surface area contributed by atoms with Crippen LogP contribution >= 0.6 is 0 Å². The van der Waals surface area contributed by atoms with Crippen molar-refractivity contribution < 1.29 is 9.53 Å². The first-order valence-electron chi connectivity index (χ1n) is 7.74. The lowest BCUT2D eigenvalue weighted by atomic mass is 10.1. The van der Waals surface area contributed by atoms with Gasteiger partial charge in [-0.3, -0.25) is 9.78 Å². The zero-order valence-corrected chi connectivity index (χ0v) is 12.5. The molecule has 1 saturated carbocycles. The van der Waals surface area contributed by atoms with E-state index < -0.39 is 0 Å². The highest BCUT2D eigenvalue weighted by molar-refractivity contribution is 5.92. The third-order valence-electron chi connectivity index (χ3n) is 3.96. The molecule has 0 spiro atoms. The fourth-order valence-corrected chi connectivity index (χ4v) is 2.75. The molecule has 4 heteroatoms. The topological polar surface area (TPSA) is 51.2 Å². The van der Waals surface area contributed by atoms with Crippen molar-refractivity contribution in [3.63, 3.8) is 0 Å². The van der Waals surface area contributed by atoms with Crippen LogP contribution in [0.5, 0.6) is 5.75 Å². The molecule has 0 bridgehead atoms. The Kier molecular flexibility index (Phi) is 4.68. The zero-order valence-electron chi connectivity index (χ0n) is 12.5. The van der Waals surface area contributed by atoms with Crippen molar-refractivity contribution in [3.8, 4) is 5.75 Å². The van der Waals surface area contributed by atoms with Gasteiger partial charge in [-0.15, -0.1) is 0 Å². The molecule has 22 heavy (non-hydrogen) atoms. The number of hydrogen-bond donors (Lipinski definition) is 1. The first-order chi connectivity index (χ1) is 10.8. The maximum atomic E-state index is 12.1. The van der Waals surface area contributed by atoms with E-state index in [0.717, 1.165) is 42.7 Å². The minimum absolute atomic E-state index is 0.127. The third-order valence-corrected chi connectivity index (χ3v) is 3.96. The molecule has 1 fully saturated rings. The molecule has 114 valence electrons. The summed E-state index contributed by atoms with van der Waals surface area (Å²) in [6, 6.07) is 11.4. The van der Waals surface area contributed by atoms with Gasteiger partial charge in [0.2, 0.25) is 5.91 Å². The van der Waals surface area contributed by atoms with Crippen molar-refractivity contribution in [3.05, 3.63) is 54.4 Å². The van der Waals surface area contributed by atoms with Crippen molar-refractivity contribution in [1.82, 2.24) is 4.98 Å². The van der Waals surface area contributed by atoms with Gasteiger partial charge < -0.3 is 10.1 Å². The predicted molar refractivity (Wildman–Crippen MR) is 85.6 cm³/mol. The minimum atomic E-state index is 0.127. The number of nitrogens with one attached hydrogen (secondary N) is 1. The minimum Gasteiger partial charge on any atom is -0.489 e. The number of benzene rings is 1. The van der Waals surface area contributed by atoms with Crippen LogP contribution in [0.2, 0.25) is 0 Å². The zero-order chi connectivity index (χ0) is 15.2. The summed E-state index contributed by atoms with van der Waals surface area (Å²) in [6.07, 6.45) is 7.85. The van der Waals surface area contributed by atoms with Gasteiger partial charge in [-0.1, -0.05) is 25.0 Å². The molecule has 1 aliphatic carbocycles. The Hall–Kier alpha value is -2.36. The number of rotatable bonds is 5. The highest BCUT2D eigenvalue weighted by Crippen LogP contribution is 2.26. The third kappa shape index (κ3) is 3.85. The second kappa shape index (κ2) is 7.07. The number of amides is 1. The number of carbonyl (C=O) groups is 1. The van der Waals surface area contributed by atoms with Gasteiger partial charge in [-0.25, -0.2) is 0 Å². The SMILES string of the molecule is O=C(Nc1cccc(OCc2cccnc2)c1)C1CCCC1. The van der Waals surface area contributed by atoms with Crippen LogP contribution in [0.15, 0.2) is 48.8 Å². The number of carbonyl (C=O) groups excluding carboxylic acids is 1. The lowest BCUT2D eigenvalue weighted by Crippen LogP contribution is -2.20. The summed E-state index contributed by atoms with van der Waals surface area (Å²) in [4.78, 5) is 16.2. The van der Waals surface area contributed by atoms with Crippen molar-refractivity contribution in [1.29, 1.82) is 0 Å². The molecule has 1 heterocycles. The first-order valence-corrected chi connectivity index (χ1v) is 7.74. The number of aromatic nitrogens is 1. The number of pyridine rings is 1. The molecule has 4 nitrogen and oxygen atoms in total. The van der Waals surface area contributed by atoms with Crippen LogP contribution in [0, 0.1) is 5.92 Å². The molecule has 1 aliphatic rings. The number of nitrogens with zero attached hydrogens (tertiary/aromatic N) is 1. The van der Waals surface area contributed by atoms with Crippen LogP contribution in [-0.2, 0) is 11.4 Å². The van der Waals surface area contributed by atoms with E-state index in [1.807, 2.05) is 36.4 Å². The molecule has 1 N–H and O–H groups in total. The number of hydrogen-bond acceptors (Lipinski definition) is 3. The summed E-state index contributed by atoms with van der Waals surface area (Å²) in [6.45, 7) is 0.466. The van der Waals surface area contributed by atoms with E-state index in [9.17, 15) is 4.79 Å². The normalized spacial score (nSPS) is 14.7. The van der Waals surface area contributed by atoms with Crippen molar-refractivity contribution >= 4 is 11.6 Å². The Morgan fingerprint density at radius 2 is 2.09 bits per heavy atom. The summed E-state index contributed by atoms with van der Waals surface area (Å²) >= 11 is 0. The average molecular weight is 296 g/mol. The second-order valence-corrected chi connectivity index (χ2v) is 5.65. The summed E-state index contributed by atoms with van der Waals surface area (Å²) < 4.78 is 5.75. The van der Waals surface area contributed by atoms with Crippen LogP contribution in [0.3, 0.4) is 0 Å². The van der Waals surface area contributed by atoms with Gasteiger partial charge in [-0.05, 0) is 31.0 Å². The molecule has 1 amide bonds. The molecular formula is C18H20N2O2. The molecule has 0 atom stereocenters. The monoisotopic (exact) mass is 296 g/mol. The van der Waals surface area contributed by atoms with E-state index >= 15 is 0 Å². The second-order valence-electron chi connectivity index (χ2n) is 5.65. The molecule has 0 saturated heterocycles. The standard InChI is InChI=1S/C18H20N2O2/c21-18(15-6-1-2-7-15)20-16-8-3-9-17(11-16)22-13-14-5-4-10-19-12-14/h3-5,8-12,15H,1-2,6-7,13H2,(H,20,21). The van der Waals surface area contributed by atoms with Crippen LogP contribution in [0.1, 0.15) is 31.2 Å². The van der Waals surface area contributed by atoms with E-state index in [1.165, 1.54) is 0 Å². The molecule has 0 unspecified atom stereocenters. The van der Waals surface area contributed by atoms with E-state index in [4.69, 9.17) is 4.74 Å². The maximum Gasteiger partial charge on any atom is 0.227 e. The van der Waals surface area contributed by atoms with Gasteiger partial charge in [0.05, 0.1) is 0 Å². The molecule has 1 aromatic heterocycles. The van der Waals surface area contributed by atoms with E-state index in [2.05, 4.69) is 10.3 Å². The van der Waals surface area contributed by atoms with Crippen molar-refractivity contribution in [2.24, 2.45) is 5.92 Å². The molecule has 0 aliphatic heterocycles. The summed E-state index contributed by atoms with van der Waals surface area (Å²) in [5, 5.41) is 2.99. The average Bonchev–Trinajstić information content (AvgIpc) is 3.09. The predicted octanol–water partition coefficient (Wildman–Crippen LogP) is 3.79. The van der Waals surface area contributed by atoms with Gasteiger partial charge in [0.1, 0.15) is 12.4 Å². The highest BCUT2D eigenvalue weighted by Gasteiger charge is 2.22. The number of anilines is 1. The Morgan fingerprint density at radius 3 is 2.86 bits per heavy atom. The molecule has 1 aromatic carbocycles. The molecule has 0 radical (unpaired) electrons. The van der Waals surface area contributed by atoms with E-state index in [0.29, 0.717) is 6.61 Å². The Bertz CT molecular complexity index is 622. The summed E-state index contributed by atoms with van der Waals surface area (Å²) in [5.41, 5.74) is 1.81. The van der Waals surface area contributed by atoms with Crippen LogP contribution in [-0.4, -0.2) is 10.9 Å². The smallest absolute Gasteiger partial charge is 0.227 e. The van der Waals surface area contributed by atoms with Gasteiger partial charge >= 0.3 is 0 Å².